The molecule has 0 saturated heterocycles. The van der Waals surface area contributed by atoms with E-state index in [0.717, 1.165) is 5.82 Å². The van der Waals surface area contributed by atoms with E-state index in [-0.39, 0.29) is 5.28 Å². The quantitative estimate of drug-likeness (QED) is 0.777. The van der Waals surface area contributed by atoms with Crippen molar-refractivity contribution in [2.24, 2.45) is 0 Å². The van der Waals surface area contributed by atoms with Crippen LogP contribution in [0.3, 0.4) is 0 Å². The average molecular weight is 295 g/mol. The lowest BCUT2D eigenvalue weighted by atomic mass is 10.7. The van der Waals surface area contributed by atoms with Crippen LogP contribution in [-0.2, 0) is 0 Å². The average Bonchev–Trinajstić information content (AvgIpc) is 3.00. The number of nitrogens with one attached hydrogen (secondary N) is 1. The molecule has 8 nitrogen and oxygen atoms in total. The molecular formula is C9H7ClN8S. The topological polar surface area (TPSA) is 98.1 Å². The third-order valence-electron chi connectivity index (χ3n) is 2.04. The van der Waals surface area contributed by atoms with Crippen molar-refractivity contribution >= 4 is 23.4 Å². The molecule has 0 saturated carbocycles. The Bertz CT molecular complexity index is 694. The second-order valence-corrected chi connectivity index (χ2v) is 4.72. The van der Waals surface area contributed by atoms with Gasteiger partial charge in [-0.3, -0.25) is 5.10 Å². The lowest BCUT2D eigenvalue weighted by Gasteiger charge is -2.01. The number of hydrogen-bond acceptors (Lipinski definition) is 7. The van der Waals surface area contributed by atoms with Crippen LogP contribution >= 0.6 is 23.4 Å². The molecule has 0 aromatic carbocycles. The number of nitrogens with zero attached hydrogens (tertiary/aromatic N) is 7. The molecule has 0 atom stereocenters. The van der Waals surface area contributed by atoms with Crippen molar-refractivity contribution < 1.29 is 0 Å². The Labute approximate surface area is 116 Å². The Morgan fingerprint density at radius 2 is 2.11 bits per heavy atom. The predicted molar refractivity (Wildman–Crippen MR) is 67.2 cm³/mol. The molecule has 0 radical (unpaired) electrons. The van der Waals surface area contributed by atoms with Crippen molar-refractivity contribution in [3.63, 3.8) is 0 Å². The fourth-order valence-corrected chi connectivity index (χ4v) is 2.21. The summed E-state index contributed by atoms with van der Waals surface area (Å²) in [6.45, 7) is 1.81. The second kappa shape index (κ2) is 4.94. The highest BCUT2D eigenvalue weighted by Crippen LogP contribution is 2.22. The van der Waals surface area contributed by atoms with E-state index in [1.807, 2.05) is 6.92 Å². The lowest BCUT2D eigenvalue weighted by Crippen LogP contribution is -2.04. The molecule has 0 aliphatic rings. The molecule has 1 N–H and O–H groups in total. The SMILES string of the molecule is Cc1nc(Sc2nc(Cl)nc(-n3cccn3)n2)n[nH]1. The van der Waals surface area contributed by atoms with Crippen molar-refractivity contribution in [1.29, 1.82) is 0 Å². The Hall–Kier alpha value is -2.00. The molecule has 0 aliphatic heterocycles. The Morgan fingerprint density at radius 3 is 2.79 bits per heavy atom. The van der Waals surface area contributed by atoms with Gasteiger partial charge in [0.25, 0.3) is 5.95 Å². The Morgan fingerprint density at radius 1 is 1.21 bits per heavy atom. The molecule has 3 heterocycles. The van der Waals surface area contributed by atoms with E-state index >= 15 is 0 Å². The zero-order valence-corrected chi connectivity index (χ0v) is 11.2. The number of rotatable bonds is 3. The summed E-state index contributed by atoms with van der Waals surface area (Å²) in [7, 11) is 0. The minimum atomic E-state index is 0.0928. The van der Waals surface area contributed by atoms with E-state index in [0.29, 0.717) is 16.3 Å². The molecule has 0 amide bonds. The van der Waals surface area contributed by atoms with Crippen molar-refractivity contribution in [3.05, 3.63) is 29.6 Å². The summed E-state index contributed by atoms with van der Waals surface area (Å²) in [5.74, 6) is 1.06. The van der Waals surface area contributed by atoms with E-state index in [9.17, 15) is 0 Å². The predicted octanol–water partition coefficient (Wildman–Crippen LogP) is 1.29. The highest BCUT2D eigenvalue weighted by molar-refractivity contribution is 7.99. The molecule has 3 rings (SSSR count). The third kappa shape index (κ3) is 2.71. The first kappa shape index (κ1) is 12.1. The minimum absolute atomic E-state index is 0.0928. The maximum absolute atomic E-state index is 5.87. The van der Waals surface area contributed by atoms with Gasteiger partial charge in [-0.1, -0.05) is 0 Å². The van der Waals surface area contributed by atoms with E-state index in [1.165, 1.54) is 16.4 Å². The number of halogens is 1. The van der Waals surface area contributed by atoms with Crippen molar-refractivity contribution in [3.8, 4) is 5.95 Å². The second-order valence-electron chi connectivity index (χ2n) is 3.44. The molecule has 96 valence electrons. The van der Waals surface area contributed by atoms with Gasteiger partial charge in [0.2, 0.25) is 15.6 Å². The van der Waals surface area contributed by atoms with Gasteiger partial charge in [-0.05, 0) is 36.4 Å². The van der Waals surface area contributed by atoms with Crippen LogP contribution in [0.4, 0.5) is 0 Å². The summed E-state index contributed by atoms with van der Waals surface area (Å²) >= 11 is 7.07. The molecule has 3 aromatic heterocycles. The Kier molecular flexibility index (Phi) is 3.13. The summed E-state index contributed by atoms with van der Waals surface area (Å²) in [5.41, 5.74) is 0. The van der Waals surface area contributed by atoms with Crippen LogP contribution in [-0.4, -0.2) is 39.9 Å². The number of aryl methyl sites for hydroxylation is 1. The first-order chi connectivity index (χ1) is 9.20. The van der Waals surface area contributed by atoms with Crippen LogP contribution in [0.2, 0.25) is 5.28 Å². The lowest BCUT2D eigenvalue weighted by molar-refractivity contribution is 0.757. The molecule has 0 fully saturated rings. The van der Waals surface area contributed by atoms with Crippen LogP contribution in [0, 0.1) is 6.92 Å². The van der Waals surface area contributed by atoms with Gasteiger partial charge in [-0.2, -0.15) is 20.1 Å². The maximum Gasteiger partial charge on any atom is 0.255 e. The standard InChI is InChI=1S/C9H7ClN8S/c1-5-12-9(17-16-5)19-8-14-6(10)13-7(15-8)18-4-2-3-11-18/h2-4H,1H3,(H,12,16,17). The normalized spacial score (nSPS) is 10.8. The van der Waals surface area contributed by atoms with Gasteiger partial charge < -0.3 is 0 Å². The number of aromatic nitrogens is 8. The fraction of sp³-hybridized carbons (Fsp3) is 0.111. The van der Waals surface area contributed by atoms with Crippen LogP contribution in [0.25, 0.3) is 5.95 Å². The van der Waals surface area contributed by atoms with Crippen LogP contribution < -0.4 is 0 Å². The monoisotopic (exact) mass is 294 g/mol. The molecule has 10 heteroatoms. The van der Waals surface area contributed by atoms with E-state index in [1.54, 1.807) is 18.5 Å². The smallest absolute Gasteiger partial charge is 0.255 e. The highest BCUT2D eigenvalue weighted by atomic mass is 35.5. The van der Waals surface area contributed by atoms with Gasteiger partial charge in [0, 0.05) is 12.4 Å². The zero-order chi connectivity index (χ0) is 13.2. The number of H-pyrrole nitrogens is 1. The molecule has 0 unspecified atom stereocenters. The first-order valence-electron chi connectivity index (χ1n) is 5.19. The summed E-state index contributed by atoms with van der Waals surface area (Å²) in [5, 5.41) is 11.8. The van der Waals surface area contributed by atoms with E-state index < -0.39 is 0 Å². The van der Waals surface area contributed by atoms with Crippen molar-refractivity contribution in [1.82, 2.24) is 39.9 Å². The van der Waals surface area contributed by atoms with Crippen molar-refractivity contribution in [2.75, 3.05) is 0 Å². The van der Waals surface area contributed by atoms with Gasteiger partial charge in [0.05, 0.1) is 0 Å². The molecule has 19 heavy (non-hydrogen) atoms. The first-order valence-corrected chi connectivity index (χ1v) is 6.38. The summed E-state index contributed by atoms with van der Waals surface area (Å²) in [6.07, 6.45) is 3.35. The molecule has 3 aromatic rings. The minimum Gasteiger partial charge on any atom is -0.262 e. The number of aromatic amines is 1. The Balaban J connectivity index is 1.94. The van der Waals surface area contributed by atoms with Gasteiger partial charge in [-0.25, -0.2) is 9.67 Å². The maximum atomic E-state index is 5.87. The van der Waals surface area contributed by atoms with Crippen LogP contribution in [0.5, 0.6) is 0 Å². The largest absolute Gasteiger partial charge is 0.262 e. The van der Waals surface area contributed by atoms with E-state index in [4.69, 9.17) is 11.6 Å². The van der Waals surface area contributed by atoms with Gasteiger partial charge in [0.1, 0.15) is 5.82 Å². The third-order valence-corrected chi connectivity index (χ3v) is 2.94. The summed E-state index contributed by atoms with van der Waals surface area (Å²) < 4.78 is 1.50. The number of hydrogen-bond donors (Lipinski definition) is 1. The molecule has 0 bridgehead atoms. The fourth-order valence-electron chi connectivity index (χ4n) is 1.31. The van der Waals surface area contributed by atoms with Crippen LogP contribution in [0.1, 0.15) is 5.82 Å². The van der Waals surface area contributed by atoms with Crippen LogP contribution in [0.15, 0.2) is 28.8 Å². The summed E-state index contributed by atoms with van der Waals surface area (Å²) in [6, 6.07) is 1.77. The van der Waals surface area contributed by atoms with Crippen molar-refractivity contribution in [2.45, 2.75) is 17.2 Å². The van der Waals surface area contributed by atoms with Gasteiger partial charge >= 0.3 is 0 Å². The molecular weight excluding hydrogens is 288 g/mol. The van der Waals surface area contributed by atoms with E-state index in [2.05, 4.69) is 35.2 Å². The van der Waals surface area contributed by atoms with Gasteiger partial charge in [0.15, 0.2) is 0 Å². The summed E-state index contributed by atoms with van der Waals surface area (Å²) in [4.78, 5) is 16.4. The molecule has 0 aliphatic carbocycles. The molecule has 0 spiro atoms. The zero-order valence-electron chi connectivity index (χ0n) is 9.65. The highest BCUT2D eigenvalue weighted by Gasteiger charge is 2.11. The van der Waals surface area contributed by atoms with Gasteiger partial charge in [-0.15, -0.1) is 5.10 Å².